The maximum Gasteiger partial charge on any atom is 0.0766 e. The average Bonchev–Trinajstić information content (AvgIpc) is 2.47. The van der Waals surface area contributed by atoms with Crippen LogP contribution in [0, 0.1) is 0 Å². The predicted molar refractivity (Wildman–Crippen MR) is 55.1 cm³/mol. The second kappa shape index (κ2) is 3.98. The first-order valence-electron chi connectivity index (χ1n) is 4.93. The second-order valence-corrected chi connectivity index (χ2v) is 3.81. The van der Waals surface area contributed by atoms with Crippen molar-refractivity contribution in [3.8, 4) is 0 Å². The molecule has 0 bridgehead atoms. The molecule has 1 saturated carbocycles. The standard InChI is InChI=1S/C11H15NO2/c13-9-6-10(11(14)7-9)12-8-4-2-1-3-5-8/h1-5,9-14H,6-7H2/t9-,10+,11-/m1/s1. The topological polar surface area (TPSA) is 52.5 Å². The molecule has 0 saturated heterocycles. The molecule has 0 heterocycles. The number of nitrogens with one attached hydrogen (secondary N) is 1. The van der Waals surface area contributed by atoms with Gasteiger partial charge in [0.25, 0.3) is 0 Å². The minimum Gasteiger partial charge on any atom is -0.393 e. The summed E-state index contributed by atoms with van der Waals surface area (Å²) in [5.41, 5.74) is 0.991. The largest absolute Gasteiger partial charge is 0.393 e. The lowest BCUT2D eigenvalue weighted by Crippen LogP contribution is -2.27. The Morgan fingerprint density at radius 2 is 1.79 bits per heavy atom. The van der Waals surface area contributed by atoms with Gasteiger partial charge in [-0.2, -0.15) is 0 Å². The monoisotopic (exact) mass is 193 g/mol. The first kappa shape index (κ1) is 9.49. The minimum atomic E-state index is -0.440. The third kappa shape index (κ3) is 2.05. The van der Waals surface area contributed by atoms with E-state index in [1.54, 1.807) is 0 Å². The van der Waals surface area contributed by atoms with E-state index in [4.69, 9.17) is 0 Å². The van der Waals surface area contributed by atoms with Crippen molar-refractivity contribution in [3.63, 3.8) is 0 Å². The summed E-state index contributed by atoms with van der Waals surface area (Å²) in [4.78, 5) is 0. The normalized spacial score (nSPS) is 31.7. The van der Waals surface area contributed by atoms with Gasteiger partial charge in [0.05, 0.1) is 18.2 Å². The fraction of sp³-hybridized carbons (Fsp3) is 0.455. The number of hydrogen-bond donors (Lipinski definition) is 3. The van der Waals surface area contributed by atoms with E-state index in [9.17, 15) is 10.2 Å². The number of aliphatic hydroxyl groups excluding tert-OH is 2. The molecule has 3 nitrogen and oxygen atoms in total. The Balaban J connectivity index is 1.98. The molecule has 2 rings (SSSR count). The van der Waals surface area contributed by atoms with Gasteiger partial charge in [0.1, 0.15) is 0 Å². The molecule has 0 aliphatic heterocycles. The lowest BCUT2D eigenvalue weighted by Gasteiger charge is -2.17. The first-order chi connectivity index (χ1) is 6.75. The Bertz CT molecular complexity index is 289. The number of rotatable bonds is 2. The molecule has 0 radical (unpaired) electrons. The Labute approximate surface area is 83.4 Å². The summed E-state index contributed by atoms with van der Waals surface area (Å²) in [6.45, 7) is 0. The lowest BCUT2D eigenvalue weighted by molar-refractivity contribution is 0.134. The van der Waals surface area contributed by atoms with Gasteiger partial charge < -0.3 is 15.5 Å². The van der Waals surface area contributed by atoms with Crippen molar-refractivity contribution in [2.24, 2.45) is 0 Å². The van der Waals surface area contributed by atoms with Gasteiger partial charge in [-0.3, -0.25) is 0 Å². The van der Waals surface area contributed by atoms with Crippen molar-refractivity contribution in [1.82, 2.24) is 0 Å². The molecular formula is C11H15NO2. The van der Waals surface area contributed by atoms with Gasteiger partial charge in [0, 0.05) is 12.1 Å². The fourth-order valence-corrected chi connectivity index (χ4v) is 1.89. The van der Waals surface area contributed by atoms with E-state index in [1.807, 2.05) is 30.3 Å². The second-order valence-electron chi connectivity index (χ2n) is 3.81. The highest BCUT2D eigenvalue weighted by atomic mass is 16.3. The van der Waals surface area contributed by atoms with Crippen molar-refractivity contribution < 1.29 is 10.2 Å². The van der Waals surface area contributed by atoms with Crippen LogP contribution in [0.4, 0.5) is 5.69 Å². The fourth-order valence-electron chi connectivity index (χ4n) is 1.89. The number of hydrogen-bond acceptors (Lipinski definition) is 3. The van der Waals surface area contributed by atoms with Crippen LogP contribution in [-0.4, -0.2) is 28.5 Å². The molecule has 0 unspecified atom stereocenters. The van der Waals surface area contributed by atoms with E-state index < -0.39 is 6.10 Å². The highest BCUT2D eigenvalue weighted by Crippen LogP contribution is 2.23. The predicted octanol–water partition coefficient (Wildman–Crippen LogP) is 0.983. The van der Waals surface area contributed by atoms with E-state index in [-0.39, 0.29) is 12.1 Å². The van der Waals surface area contributed by atoms with Crippen LogP contribution in [0.25, 0.3) is 0 Å². The van der Waals surface area contributed by atoms with E-state index in [0.717, 1.165) is 5.69 Å². The number of aliphatic hydroxyl groups is 2. The Kier molecular flexibility index (Phi) is 2.70. The molecule has 1 aromatic rings. The smallest absolute Gasteiger partial charge is 0.0766 e. The Hall–Kier alpha value is -1.06. The summed E-state index contributed by atoms with van der Waals surface area (Å²) in [7, 11) is 0. The lowest BCUT2D eigenvalue weighted by atomic mass is 10.2. The van der Waals surface area contributed by atoms with E-state index >= 15 is 0 Å². The maximum absolute atomic E-state index is 9.60. The number of para-hydroxylation sites is 1. The van der Waals surface area contributed by atoms with Crippen LogP contribution in [-0.2, 0) is 0 Å². The summed E-state index contributed by atoms with van der Waals surface area (Å²) in [5.74, 6) is 0. The summed E-state index contributed by atoms with van der Waals surface area (Å²) in [6, 6.07) is 9.73. The van der Waals surface area contributed by atoms with Crippen molar-refractivity contribution in [2.45, 2.75) is 31.1 Å². The summed E-state index contributed by atoms with van der Waals surface area (Å²) >= 11 is 0. The molecule has 3 N–H and O–H groups in total. The van der Waals surface area contributed by atoms with Crippen LogP contribution in [0.15, 0.2) is 30.3 Å². The van der Waals surface area contributed by atoms with Crippen molar-refractivity contribution in [3.05, 3.63) is 30.3 Å². The molecule has 1 fully saturated rings. The molecule has 0 amide bonds. The van der Waals surface area contributed by atoms with Gasteiger partial charge in [-0.15, -0.1) is 0 Å². The van der Waals surface area contributed by atoms with Gasteiger partial charge in [0.2, 0.25) is 0 Å². The van der Waals surface area contributed by atoms with Gasteiger partial charge in [-0.1, -0.05) is 18.2 Å². The SMILES string of the molecule is O[C@H]1C[C@@H](O)[C@@H](Nc2ccccc2)C1. The Morgan fingerprint density at radius 3 is 2.36 bits per heavy atom. The van der Waals surface area contributed by atoms with Crippen LogP contribution in [0.1, 0.15) is 12.8 Å². The third-order valence-electron chi connectivity index (χ3n) is 2.63. The molecule has 3 atom stereocenters. The number of benzene rings is 1. The zero-order valence-corrected chi connectivity index (χ0v) is 7.93. The van der Waals surface area contributed by atoms with Gasteiger partial charge in [0.15, 0.2) is 0 Å². The van der Waals surface area contributed by atoms with Crippen LogP contribution in [0.5, 0.6) is 0 Å². The van der Waals surface area contributed by atoms with Crippen LogP contribution >= 0.6 is 0 Å². The molecule has 1 aromatic carbocycles. The molecule has 0 aromatic heterocycles. The van der Waals surface area contributed by atoms with Crippen LogP contribution in [0.3, 0.4) is 0 Å². The first-order valence-corrected chi connectivity index (χ1v) is 4.93. The van der Waals surface area contributed by atoms with Crippen molar-refractivity contribution >= 4 is 5.69 Å². The van der Waals surface area contributed by atoms with Gasteiger partial charge in [-0.05, 0) is 18.6 Å². The molecule has 1 aliphatic rings. The van der Waals surface area contributed by atoms with E-state index in [2.05, 4.69) is 5.32 Å². The molecular weight excluding hydrogens is 178 g/mol. The van der Waals surface area contributed by atoms with Crippen LogP contribution in [0.2, 0.25) is 0 Å². The molecule has 3 heteroatoms. The minimum absolute atomic E-state index is 0.0209. The molecule has 14 heavy (non-hydrogen) atoms. The summed E-state index contributed by atoms with van der Waals surface area (Å²) < 4.78 is 0. The zero-order valence-electron chi connectivity index (χ0n) is 7.93. The molecule has 1 aliphatic carbocycles. The van der Waals surface area contributed by atoms with Crippen molar-refractivity contribution in [2.75, 3.05) is 5.32 Å². The average molecular weight is 193 g/mol. The van der Waals surface area contributed by atoms with Crippen LogP contribution < -0.4 is 5.32 Å². The number of anilines is 1. The summed E-state index contributed by atoms with van der Waals surface area (Å²) in [5, 5.41) is 22.2. The third-order valence-corrected chi connectivity index (χ3v) is 2.63. The Morgan fingerprint density at radius 1 is 1.07 bits per heavy atom. The van der Waals surface area contributed by atoms with E-state index in [0.29, 0.717) is 12.8 Å². The quantitative estimate of drug-likeness (QED) is 0.656. The zero-order chi connectivity index (χ0) is 9.97. The van der Waals surface area contributed by atoms with Gasteiger partial charge in [-0.25, -0.2) is 0 Å². The highest BCUT2D eigenvalue weighted by molar-refractivity contribution is 5.44. The maximum atomic E-state index is 9.60. The molecule has 76 valence electrons. The molecule has 0 spiro atoms. The highest BCUT2D eigenvalue weighted by Gasteiger charge is 2.31. The van der Waals surface area contributed by atoms with Crippen molar-refractivity contribution in [1.29, 1.82) is 0 Å². The van der Waals surface area contributed by atoms with E-state index in [1.165, 1.54) is 0 Å². The summed E-state index contributed by atoms with van der Waals surface area (Å²) in [6.07, 6.45) is 0.289. The van der Waals surface area contributed by atoms with Gasteiger partial charge >= 0.3 is 0 Å².